The van der Waals surface area contributed by atoms with E-state index in [9.17, 15) is 14.7 Å². The second kappa shape index (κ2) is 14.7. The highest BCUT2D eigenvalue weighted by Crippen LogP contribution is 2.18. The first kappa shape index (κ1) is 25.8. The first-order chi connectivity index (χ1) is 14.4. The molecule has 3 N–H and O–H groups in total. The maximum absolute atomic E-state index is 12.6. The number of nitrogens with one attached hydrogen (secondary N) is 2. The molecule has 0 unspecified atom stereocenters. The highest BCUT2D eigenvalue weighted by atomic mass is 16.5. The van der Waals surface area contributed by atoms with Gasteiger partial charge in [0.05, 0.1) is 19.8 Å². The summed E-state index contributed by atoms with van der Waals surface area (Å²) in [5.74, 6) is 0.210. The van der Waals surface area contributed by atoms with E-state index in [1.54, 1.807) is 24.3 Å². The minimum Gasteiger partial charge on any atom is -0.494 e. The number of benzene rings is 1. The maximum Gasteiger partial charge on any atom is 0.408 e. The highest BCUT2D eigenvalue weighted by Gasteiger charge is 2.35. The lowest BCUT2D eigenvalue weighted by Crippen LogP contribution is -2.57. The van der Waals surface area contributed by atoms with Crippen LogP contribution in [0.25, 0.3) is 0 Å². The fourth-order valence-electron chi connectivity index (χ4n) is 2.71. The van der Waals surface area contributed by atoms with E-state index in [0.717, 1.165) is 25.0 Å². The molecule has 2 amide bonds. The van der Waals surface area contributed by atoms with Crippen molar-refractivity contribution in [1.82, 2.24) is 5.32 Å². The standard InChI is InChI=1S/C23H38N2O5/c1-4-6-8-9-10-11-17-29-20-14-12-19(13-15-20)24-21(27)23(3,18-26)25-22(28)30-16-7-5-2/h12-15,26H,4-11,16-18H2,1-3H3,(H,24,27)(H,25,28)/t23-/m0/s1. The Morgan fingerprint density at radius 3 is 2.20 bits per heavy atom. The lowest BCUT2D eigenvalue weighted by molar-refractivity contribution is -0.123. The molecule has 0 spiro atoms. The lowest BCUT2D eigenvalue weighted by Gasteiger charge is -2.27. The number of aliphatic hydroxyl groups excluding tert-OH is 1. The van der Waals surface area contributed by atoms with Crippen molar-refractivity contribution >= 4 is 17.7 Å². The van der Waals surface area contributed by atoms with Gasteiger partial charge in [-0.1, -0.05) is 52.4 Å². The zero-order valence-corrected chi connectivity index (χ0v) is 18.7. The molecule has 0 heterocycles. The van der Waals surface area contributed by atoms with Crippen LogP contribution >= 0.6 is 0 Å². The van der Waals surface area contributed by atoms with E-state index in [1.165, 1.54) is 39.0 Å². The lowest BCUT2D eigenvalue weighted by atomic mass is 10.0. The van der Waals surface area contributed by atoms with Crippen molar-refractivity contribution in [2.45, 2.75) is 77.7 Å². The van der Waals surface area contributed by atoms with Gasteiger partial charge in [0, 0.05) is 5.69 Å². The highest BCUT2D eigenvalue weighted by molar-refractivity contribution is 5.99. The number of alkyl carbamates (subject to hydrolysis) is 1. The molecule has 1 aromatic rings. The van der Waals surface area contributed by atoms with Crippen LogP contribution in [0.4, 0.5) is 10.5 Å². The predicted octanol–water partition coefficient (Wildman–Crippen LogP) is 4.64. The second-order valence-electron chi connectivity index (χ2n) is 7.70. The van der Waals surface area contributed by atoms with Crippen molar-refractivity contribution in [3.63, 3.8) is 0 Å². The van der Waals surface area contributed by atoms with Crippen LogP contribution in [0, 0.1) is 0 Å². The summed E-state index contributed by atoms with van der Waals surface area (Å²) in [6.07, 6.45) is 8.16. The van der Waals surface area contributed by atoms with Crippen molar-refractivity contribution < 1.29 is 24.2 Å². The van der Waals surface area contributed by atoms with Crippen molar-refractivity contribution in [1.29, 1.82) is 0 Å². The second-order valence-corrected chi connectivity index (χ2v) is 7.70. The summed E-state index contributed by atoms with van der Waals surface area (Å²) in [6.45, 7) is 6.02. The van der Waals surface area contributed by atoms with Crippen molar-refractivity contribution in [3.8, 4) is 5.75 Å². The molecule has 1 atom stereocenters. The van der Waals surface area contributed by atoms with Gasteiger partial charge in [0.25, 0.3) is 5.91 Å². The van der Waals surface area contributed by atoms with Gasteiger partial charge < -0.3 is 25.2 Å². The first-order valence-electron chi connectivity index (χ1n) is 11.0. The predicted molar refractivity (Wildman–Crippen MR) is 119 cm³/mol. The van der Waals surface area contributed by atoms with E-state index >= 15 is 0 Å². The normalized spacial score (nSPS) is 12.7. The molecule has 1 aromatic carbocycles. The van der Waals surface area contributed by atoms with E-state index in [0.29, 0.717) is 12.3 Å². The summed E-state index contributed by atoms with van der Waals surface area (Å²) in [4.78, 5) is 24.4. The molecule has 1 rings (SSSR count). The maximum atomic E-state index is 12.6. The molecule has 0 saturated carbocycles. The smallest absolute Gasteiger partial charge is 0.408 e. The molecule has 0 radical (unpaired) electrons. The number of unbranched alkanes of at least 4 members (excludes halogenated alkanes) is 6. The summed E-state index contributed by atoms with van der Waals surface area (Å²) in [5.41, 5.74) is -0.941. The Bertz CT molecular complexity index is 621. The fourth-order valence-corrected chi connectivity index (χ4v) is 2.71. The minimum absolute atomic E-state index is 0.270. The van der Waals surface area contributed by atoms with E-state index in [4.69, 9.17) is 9.47 Å². The van der Waals surface area contributed by atoms with Gasteiger partial charge in [-0.3, -0.25) is 4.79 Å². The number of aliphatic hydroxyl groups is 1. The molecule has 0 aliphatic carbocycles. The molecule has 7 nitrogen and oxygen atoms in total. The zero-order valence-electron chi connectivity index (χ0n) is 18.7. The number of amides is 2. The summed E-state index contributed by atoms with van der Waals surface area (Å²) < 4.78 is 10.7. The first-order valence-corrected chi connectivity index (χ1v) is 11.0. The largest absolute Gasteiger partial charge is 0.494 e. The third kappa shape index (κ3) is 9.96. The number of rotatable bonds is 15. The minimum atomic E-state index is -1.49. The van der Waals surface area contributed by atoms with Crippen LogP contribution in [0.5, 0.6) is 5.75 Å². The van der Waals surface area contributed by atoms with Gasteiger partial charge in [0.15, 0.2) is 0 Å². The molecule has 0 saturated heterocycles. The Labute approximate surface area is 180 Å². The van der Waals surface area contributed by atoms with Gasteiger partial charge in [0.2, 0.25) is 0 Å². The molecule has 0 bridgehead atoms. The quantitative estimate of drug-likeness (QED) is 0.358. The van der Waals surface area contributed by atoms with Crippen molar-refractivity contribution in [2.75, 3.05) is 25.1 Å². The topological polar surface area (TPSA) is 96.9 Å². The van der Waals surface area contributed by atoms with Gasteiger partial charge in [-0.05, 0) is 44.0 Å². The molecule has 170 valence electrons. The Morgan fingerprint density at radius 2 is 1.57 bits per heavy atom. The number of ether oxygens (including phenoxy) is 2. The Balaban J connectivity index is 2.45. The number of hydrogen-bond donors (Lipinski definition) is 3. The summed E-state index contributed by atoms with van der Waals surface area (Å²) in [6, 6.07) is 7.03. The van der Waals surface area contributed by atoms with Crippen LogP contribution in [-0.4, -0.2) is 42.5 Å². The van der Waals surface area contributed by atoms with Gasteiger partial charge in [-0.25, -0.2) is 4.79 Å². The molecule has 0 fully saturated rings. The third-order valence-corrected chi connectivity index (χ3v) is 4.81. The van der Waals surface area contributed by atoms with Crippen molar-refractivity contribution in [2.24, 2.45) is 0 Å². The molecule has 0 aliphatic heterocycles. The monoisotopic (exact) mass is 422 g/mol. The summed E-state index contributed by atoms with van der Waals surface area (Å²) in [5, 5.41) is 14.8. The van der Waals surface area contributed by atoms with Gasteiger partial charge in [0.1, 0.15) is 11.3 Å². The van der Waals surface area contributed by atoms with Crippen LogP contribution in [0.1, 0.15) is 72.1 Å². The van der Waals surface area contributed by atoms with Crippen molar-refractivity contribution in [3.05, 3.63) is 24.3 Å². The van der Waals surface area contributed by atoms with Crippen LogP contribution in [0.15, 0.2) is 24.3 Å². The van der Waals surface area contributed by atoms with Gasteiger partial charge in [-0.2, -0.15) is 0 Å². The van der Waals surface area contributed by atoms with Gasteiger partial charge >= 0.3 is 6.09 Å². The van der Waals surface area contributed by atoms with Gasteiger partial charge in [-0.15, -0.1) is 0 Å². The molecular formula is C23H38N2O5. The molecular weight excluding hydrogens is 384 g/mol. The summed E-state index contributed by atoms with van der Waals surface area (Å²) >= 11 is 0. The fraction of sp³-hybridized carbons (Fsp3) is 0.652. The van der Waals surface area contributed by atoms with E-state index in [-0.39, 0.29) is 6.61 Å². The average Bonchev–Trinajstić information content (AvgIpc) is 2.74. The molecule has 0 aromatic heterocycles. The zero-order chi connectivity index (χ0) is 22.2. The van der Waals surface area contributed by atoms with Crippen LogP contribution in [-0.2, 0) is 9.53 Å². The van der Waals surface area contributed by atoms with E-state index in [2.05, 4.69) is 17.6 Å². The summed E-state index contributed by atoms with van der Waals surface area (Å²) in [7, 11) is 0. The Morgan fingerprint density at radius 1 is 0.933 bits per heavy atom. The number of hydrogen-bond acceptors (Lipinski definition) is 5. The molecule has 30 heavy (non-hydrogen) atoms. The molecule has 7 heteroatoms. The van der Waals surface area contributed by atoms with E-state index < -0.39 is 24.1 Å². The Hall–Kier alpha value is -2.28. The van der Waals surface area contributed by atoms with E-state index in [1.807, 2.05) is 6.92 Å². The third-order valence-electron chi connectivity index (χ3n) is 4.81. The van der Waals surface area contributed by atoms with Crippen LogP contribution in [0.3, 0.4) is 0 Å². The SMILES string of the molecule is CCCCCCCCOc1ccc(NC(=O)[C@](C)(CO)NC(=O)OCCCC)cc1. The number of anilines is 1. The van der Waals surface area contributed by atoms with Crippen LogP contribution < -0.4 is 15.4 Å². The average molecular weight is 423 g/mol. The Kier molecular flexibility index (Phi) is 12.6. The van der Waals surface area contributed by atoms with Crippen LogP contribution in [0.2, 0.25) is 0 Å². The number of carbonyl (C=O) groups excluding carboxylic acids is 2. The molecule has 0 aliphatic rings. The number of carbonyl (C=O) groups is 2.